The van der Waals surface area contributed by atoms with Crippen LogP contribution in [0.2, 0.25) is 0 Å². The molecule has 0 aliphatic carbocycles. The lowest BCUT2D eigenvalue weighted by Gasteiger charge is -2.03. The molecule has 15 heavy (non-hydrogen) atoms. The molecule has 2 rings (SSSR count). The van der Waals surface area contributed by atoms with Crippen LogP contribution in [0.1, 0.15) is 11.1 Å². The molecule has 0 radical (unpaired) electrons. The number of H-pyrrole nitrogens is 2. The number of rotatable bonds is 2. The number of hydrogen-bond donors (Lipinski definition) is 2. The quantitative estimate of drug-likeness (QED) is 0.744. The van der Waals surface area contributed by atoms with Gasteiger partial charge in [0.25, 0.3) is 0 Å². The summed E-state index contributed by atoms with van der Waals surface area (Å²) in [5.74, 6) is 0. The highest BCUT2D eigenvalue weighted by atomic mass is 32.1. The highest BCUT2D eigenvalue weighted by Gasteiger charge is 2.03. The van der Waals surface area contributed by atoms with E-state index in [1.54, 1.807) is 12.4 Å². The molecule has 0 bridgehead atoms. The molecule has 2 aromatic rings. The summed E-state index contributed by atoms with van der Waals surface area (Å²) in [5.41, 5.74) is 1.84. The number of nitrogens with zero attached hydrogens (tertiary/aromatic N) is 2. The Labute approximate surface area is 90.8 Å². The molecule has 0 aliphatic heterocycles. The van der Waals surface area contributed by atoms with Gasteiger partial charge in [0.05, 0.1) is 6.54 Å². The van der Waals surface area contributed by atoms with Gasteiger partial charge in [0, 0.05) is 12.4 Å². The first-order chi connectivity index (χ1) is 7.18. The normalized spacial score (nSPS) is 10.5. The minimum atomic E-state index is -0.233. The number of hydrogen-bond acceptors (Lipinski definition) is 3. The summed E-state index contributed by atoms with van der Waals surface area (Å²) in [5, 5.41) is 5.03. The van der Waals surface area contributed by atoms with Crippen molar-refractivity contribution < 1.29 is 0 Å². The van der Waals surface area contributed by atoms with Crippen LogP contribution in [-0.4, -0.2) is 19.7 Å². The van der Waals surface area contributed by atoms with E-state index in [1.807, 2.05) is 13.0 Å². The highest BCUT2D eigenvalue weighted by molar-refractivity contribution is 7.71. The average Bonchev–Trinajstić information content (AvgIpc) is 2.53. The van der Waals surface area contributed by atoms with Crippen LogP contribution in [-0.2, 0) is 6.54 Å². The Hall–Kier alpha value is -1.69. The Morgan fingerprint density at radius 1 is 1.53 bits per heavy atom. The van der Waals surface area contributed by atoms with Gasteiger partial charge < -0.3 is 0 Å². The molecule has 78 valence electrons. The summed E-state index contributed by atoms with van der Waals surface area (Å²) in [6, 6.07) is 1.90. The number of aryl methyl sites for hydroxylation is 1. The van der Waals surface area contributed by atoms with E-state index in [0.717, 1.165) is 11.1 Å². The van der Waals surface area contributed by atoms with Crippen molar-refractivity contribution in [2.24, 2.45) is 0 Å². The van der Waals surface area contributed by atoms with Crippen molar-refractivity contribution >= 4 is 12.2 Å². The van der Waals surface area contributed by atoms with Crippen LogP contribution in [0, 0.1) is 11.7 Å². The van der Waals surface area contributed by atoms with Crippen LogP contribution in [0.15, 0.2) is 23.3 Å². The zero-order valence-corrected chi connectivity index (χ0v) is 8.97. The zero-order valence-electron chi connectivity index (χ0n) is 8.15. The van der Waals surface area contributed by atoms with Crippen LogP contribution in [0.25, 0.3) is 0 Å². The summed E-state index contributed by atoms with van der Waals surface area (Å²) in [6.45, 7) is 2.42. The number of aromatic amines is 2. The third-order valence-electron chi connectivity index (χ3n) is 2.24. The second-order valence-electron chi connectivity index (χ2n) is 3.25. The first kappa shape index (κ1) is 9.85. The predicted molar refractivity (Wildman–Crippen MR) is 58.3 cm³/mol. The lowest BCUT2D eigenvalue weighted by molar-refractivity contribution is 0.744. The predicted octanol–water partition coefficient (Wildman–Crippen LogP) is 0.986. The molecule has 0 spiro atoms. The molecule has 0 amide bonds. The van der Waals surface area contributed by atoms with Gasteiger partial charge in [-0.1, -0.05) is 0 Å². The topological polar surface area (TPSA) is 66.5 Å². The fraction of sp³-hybridized carbons (Fsp3) is 0.222. The van der Waals surface area contributed by atoms with Gasteiger partial charge in [-0.3, -0.25) is 14.6 Å². The van der Waals surface area contributed by atoms with E-state index in [2.05, 4.69) is 15.2 Å². The summed E-state index contributed by atoms with van der Waals surface area (Å²) in [7, 11) is 0. The van der Waals surface area contributed by atoms with Gasteiger partial charge in [-0.05, 0) is 36.3 Å². The Balaban J connectivity index is 2.42. The molecule has 0 aliphatic rings. The Kier molecular flexibility index (Phi) is 2.51. The molecule has 0 saturated carbocycles. The lowest BCUT2D eigenvalue weighted by atomic mass is 10.2. The molecule has 0 unspecified atom stereocenters. The first-order valence-electron chi connectivity index (χ1n) is 4.45. The molecule has 0 fully saturated rings. The van der Waals surface area contributed by atoms with Crippen LogP contribution >= 0.6 is 12.2 Å². The molecule has 2 aromatic heterocycles. The smallest absolute Gasteiger partial charge is 0.272 e. The maximum atomic E-state index is 11.3. The van der Waals surface area contributed by atoms with Gasteiger partial charge in [0.1, 0.15) is 0 Å². The van der Waals surface area contributed by atoms with E-state index in [-0.39, 0.29) is 5.69 Å². The minimum absolute atomic E-state index is 0.233. The fourth-order valence-electron chi connectivity index (χ4n) is 1.31. The second kappa shape index (κ2) is 3.82. The largest absolute Gasteiger partial charge is 0.342 e. The second-order valence-corrected chi connectivity index (χ2v) is 3.64. The summed E-state index contributed by atoms with van der Waals surface area (Å²) >= 11 is 4.97. The van der Waals surface area contributed by atoms with Crippen molar-refractivity contribution in [2.75, 3.05) is 0 Å². The van der Waals surface area contributed by atoms with E-state index in [9.17, 15) is 4.79 Å². The molecular weight excluding hydrogens is 212 g/mol. The summed E-state index contributed by atoms with van der Waals surface area (Å²) in [6.07, 6.45) is 3.46. The van der Waals surface area contributed by atoms with E-state index in [0.29, 0.717) is 11.3 Å². The van der Waals surface area contributed by atoms with Crippen molar-refractivity contribution in [1.29, 1.82) is 0 Å². The Morgan fingerprint density at radius 2 is 2.33 bits per heavy atom. The molecule has 6 heteroatoms. The molecule has 2 heterocycles. The maximum Gasteiger partial charge on any atom is 0.342 e. The van der Waals surface area contributed by atoms with Crippen LogP contribution in [0.3, 0.4) is 0 Å². The van der Waals surface area contributed by atoms with Crippen LogP contribution < -0.4 is 5.69 Å². The van der Waals surface area contributed by atoms with E-state index in [1.165, 1.54) is 4.57 Å². The van der Waals surface area contributed by atoms with Gasteiger partial charge in [-0.25, -0.2) is 9.89 Å². The van der Waals surface area contributed by atoms with Gasteiger partial charge >= 0.3 is 5.69 Å². The summed E-state index contributed by atoms with van der Waals surface area (Å²) < 4.78 is 1.85. The van der Waals surface area contributed by atoms with Gasteiger partial charge in [-0.2, -0.15) is 0 Å². The van der Waals surface area contributed by atoms with Crippen molar-refractivity contribution in [3.8, 4) is 0 Å². The van der Waals surface area contributed by atoms with Crippen LogP contribution in [0.5, 0.6) is 0 Å². The number of nitrogens with one attached hydrogen (secondary N) is 2. The van der Waals surface area contributed by atoms with E-state index in [4.69, 9.17) is 12.2 Å². The third kappa shape index (κ3) is 1.89. The summed E-state index contributed by atoms with van der Waals surface area (Å²) in [4.78, 5) is 15.4. The van der Waals surface area contributed by atoms with Crippen molar-refractivity contribution in [2.45, 2.75) is 13.5 Å². The average molecular weight is 222 g/mol. The lowest BCUT2D eigenvalue weighted by Crippen LogP contribution is -2.18. The van der Waals surface area contributed by atoms with Crippen molar-refractivity contribution in [3.05, 3.63) is 44.8 Å². The van der Waals surface area contributed by atoms with Gasteiger partial charge in [0.15, 0.2) is 4.77 Å². The molecule has 2 N–H and O–H groups in total. The van der Waals surface area contributed by atoms with Crippen molar-refractivity contribution in [1.82, 2.24) is 19.7 Å². The van der Waals surface area contributed by atoms with Crippen molar-refractivity contribution in [3.63, 3.8) is 0 Å². The van der Waals surface area contributed by atoms with Crippen LogP contribution in [0.4, 0.5) is 0 Å². The molecular formula is C9H10N4OS. The van der Waals surface area contributed by atoms with Gasteiger partial charge in [-0.15, -0.1) is 0 Å². The highest BCUT2D eigenvalue weighted by Crippen LogP contribution is 2.05. The Morgan fingerprint density at radius 3 is 2.93 bits per heavy atom. The molecule has 0 atom stereocenters. The number of pyridine rings is 1. The monoisotopic (exact) mass is 222 g/mol. The fourth-order valence-corrected chi connectivity index (χ4v) is 1.51. The Bertz CT molecular complexity index is 553. The first-order valence-corrected chi connectivity index (χ1v) is 4.86. The minimum Gasteiger partial charge on any atom is -0.272 e. The van der Waals surface area contributed by atoms with E-state index >= 15 is 0 Å². The van der Waals surface area contributed by atoms with Gasteiger partial charge in [0.2, 0.25) is 0 Å². The molecule has 5 nitrogen and oxygen atoms in total. The molecule has 0 saturated heterocycles. The van der Waals surface area contributed by atoms with E-state index < -0.39 is 0 Å². The standard InChI is InChI=1S/C9H10N4OS/c1-6-2-3-10-4-7(6)5-13-8(14)11-12-9(13)15/h2-4H,5H2,1H3,(H,11,14)(H,12,15). The maximum absolute atomic E-state index is 11.3. The third-order valence-corrected chi connectivity index (χ3v) is 2.57. The number of aromatic nitrogens is 4. The zero-order chi connectivity index (χ0) is 10.8. The molecule has 0 aromatic carbocycles. The SMILES string of the molecule is Cc1ccncc1Cn1c(=O)[nH][nH]c1=S.